The fourth-order valence-corrected chi connectivity index (χ4v) is 2.35. The average Bonchev–Trinajstić information content (AvgIpc) is 2.59. The molecule has 0 aliphatic carbocycles. The largest absolute Gasteiger partial charge is 0.396 e. The lowest BCUT2D eigenvalue weighted by Crippen LogP contribution is -1.96. The van der Waals surface area contributed by atoms with Crippen molar-refractivity contribution in [3.05, 3.63) is 35.0 Å². The van der Waals surface area contributed by atoms with Crippen molar-refractivity contribution in [1.82, 2.24) is 9.78 Å². The third-order valence-corrected chi connectivity index (χ3v) is 3.03. The Hall–Kier alpha value is -1.77. The molecule has 2 aromatic rings. The minimum absolute atomic E-state index is 0.752. The zero-order valence-corrected chi connectivity index (χ0v) is 10.9. The van der Waals surface area contributed by atoms with Gasteiger partial charge in [-0.15, -0.1) is 0 Å². The van der Waals surface area contributed by atoms with Crippen LogP contribution in [0.5, 0.6) is 0 Å². The first kappa shape index (κ1) is 11.7. The molecule has 2 N–H and O–H groups in total. The van der Waals surface area contributed by atoms with Crippen LogP contribution in [-0.2, 0) is 6.54 Å². The van der Waals surface area contributed by atoms with E-state index in [2.05, 4.69) is 44.9 Å². The summed E-state index contributed by atoms with van der Waals surface area (Å²) in [4.78, 5) is 0. The van der Waals surface area contributed by atoms with E-state index in [1.165, 1.54) is 22.3 Å². The zero-order chi connectivity index (χ0) is 12.6. The smallest absolute Gasteiger partial charge is 0.116 e. The summed E-state index contributed by atoms with van der Waals surface area (Å²) in [5, 5.41) is 4.54. The lowest BCUT2D eigenvalue weighted by molar-refractivity contribution is 0.662. The molecule has 0 saturated carbocycles. The molecule has 2 rings (SSSR count). The van der Waals surface area contributed by atoms with Crippen LogP contribution in [0.2, 0.25) is 0 Å². The van der Waals surface area contributed by atoms with E-state index >= 15 is 0 Å². The summed E-state index contributed by atoms with van der Waals surface area (Å²) in [6.45, 7) is 9.23. The van der Waals surface area contributed by atoms with Crippen LogP contribution in [0.25, 0.3) is 11.3 Å². The summed E-state index contributed by atoms with van der Waals surface area (Å²) >= 11 is 0. The molecule has 90 valence electrons. The summed E-state index contributed by atoms with van der Waals surface area (Å²) in [6, 6.07) is 4.35. The van der Waals surface area contributed by atoms with Crippen LogP contribution < -0.4 is 5.73 Å². The number of hydrogen-bond acceptors (Lipinski definition) is 2. The Labute approximate surface area is 102 Å². The van der Waals surface area contributed by atoms with Gasteiger partial charge in [0.25, 0.3) is 0 Å². The second-order valence-corrected chi connectivity index (χ2v) is 4.56. The quantitative estimate of drug-likeness (QED) is 0.860. The van der Waals surface area contributed by atoms with Crippen LogP contribution in [0.1, 0.15) is 23.6 Å². The maximum Gasteiger partial charge on any atom is 0.116 e. The Morgan fingerprint density at radius 2 is 1.76 bits per heavy atom. The first-order chi connectivity index (χ1) is 8.02. The Morgan fingerprint density at radius 3 is 2.24 bits per heavy atom. The van der Waals surface area contributed by atoms with E-state index < -0.39 is 0 Å². The average molecular weight is 229 g/mol. The summed E-state index contributed by atoms with van der Waals surface area (Å²) in [5.41, 5.74) is 12.6. The number of nitrogen functional groups attached to an aromatic ring is 1. The van der Waals surface area contributed by atoms with E-state index in [-0.39, 0.29) is 0 Å². The first-order valence-electron chi connectivity index (χ1n) is 5.94. The number of nitrogens with zero attached hydrogens (tertiary/aromatic N) is 2. The van der Waals surface area contributed by atoms with Gasteiger partial charge in [-0.25, -0.2) is 0 Å². The molecule has 0 unspecified atom stereocenters. The molecule has 0 fully saturated rings. The van der Waals surface area contributed by atoms with Crippen LogP contribution in [-0.4, -0.2) is 9.78 Å². The molecular formula is C14H19N3. The van der Waals surface area contributed by atoms with E-state index in [9.17, 15) is 0 Å². The summed E-state index contributed by atoms with van der Waals surface area (Å²) in [6.07, 6.45) is 1.90. The van der Waals surface area contributed by atoms with Crippen molar-refractivity contribution < 1.29 is 0 Å². The zero-order valence-electron chi connectivity index (χ0n) is 10.9. The second kappa shape index (κ2) is 4.24. The Morgan fingerprint density at radius 1 is 1.18 bits per heavy atom. The van der Waals surface area contributed by atoms with Crippen LogP contribution in [0.4, 0.5) is 5.69 Å². The van der Waals surface area contributed by atoms with Gasteiger partial charge in [-0.2, -0.15) is 5.10 Å². The van der Waals surface area contributed by atoms with E-state index in [4.69, 9.17) is 5.73 Å². The van der Waals surface area contributed by atoms with Gasteiger partial charge in [0.05, 0.1) is 5.69 Å². The highest BCUT2D eigenvalue weighted by Gasteiger charge is 2.13. The highest BCUT2D eigenvalue weighted by Crippen LogP contribution is 2.31. The molecule has 17 heavy (non-hydrogen) atoms. The summed E-state index contributed by atoms with van der Waals surface area (Å²) in [5.74, 6) is 0. The molecule has 1 aromatic carbocycles. The van der Waals surface area contributed by atoms with E-state index in [0.717, 1.165) is 17.9 Å². The molecule has 0 bridgehead atoms. The third-order valence-electron chi connectivity index (χ3n) is 3.03. The molecule has 0 atom stereocenters. The number of benzene rings is 1. The summed E-state index contributed by atoms with van der Waals surface area (Å²) < 4.78 is 1.88. The molecule has 0 amide bonds. The summed E-state index contributed by atoms with van der Waals surface area (Å²) in [7, 11) is 0. The van der Waals surface area contributed by atoms with Gasteiger partial charge in [0.2, 0.25) is 0 Å². The number of rotatable bonds is 2. The number of nitrogens with two attached hydrogens (primary N) is 1. The number of aromatic nitrogens is 2. The van der Waals surface area contributed by atoms with Crippen molar-refractivity contribution in [3.63, 3.8) is 0 Å². The minimum Gasteiger partial charge on any atom is -0.396 e. The lowest BCUT2D eigenvalue weighted by Gasteiger charge is -2.09. The predicted octanol–water partition coefficient (Wildman–Crippen LogP) is 3.08. The van der Waals surface area contributed by atoms with Crippen LogP contribution in [0.15, 0.2) is 18.3 Å². The highest BCUT2D eigenvalue weighted by molar-refractivity contribution is 5.77. The van der Waals surface area contributed by atoms with Gasteiger partial charge in [-0.1, -0.05) is 17.7 Å². The fraction of sp³-hybridized carbons (Fsp3) is 0.357. The molecule has 0 saturated heterocycles. The monoisotopic (exact) mass is 229 g/mol. The van der Waals surface area contributed by atoms with Crippen molar-refractivity contribution in [1.29, 1.82) is 0 Å². The second-order valence-electron chi connectivity index (χ2n) is 4.56. The van der Waals surface area contributed by atoms with Crippen molar-refractivity contribution in [3.8, 4) is 11.3 Å². The van der Waals surface area contributed by atoms with Gasteiger partial charge in [0, 0.05) is 18.3 Å². The van der Waals surface area contributed by atoms with Crippen LogP contribution >= 0.6 is 0 Å². The molecule has 3 nitrogen and oxygen atoms in total. The van der Waals surface area contributed by atoms with Crippen molar-refractivity contribution in [2.45, 2.75) is 34.2 Å². The Balaban J connectivity index is 2.63. The third kappa shape index (κ3) is 2.05. The topological polar surface area (TPSA) is 43.8 Å². The molecule has 1 aromatic heterocycles. The maximum absolute atomic E-state index is 6.04. The van der Waals surface area contributed by atoms with Gasteiger partial charge in [0.1, 0.15) is 5.69 Å². The highest BCUT2D eigenvalue weighted by atomic mass is 15.3. The van der Waals surface area contributed by atoms with Gasteiger partial charge in [-0.3, -0.25) is 4.68 Å². The Bertz CT molecular complexity index is 530. The van der Waals surface area contributed by atoms with Gasteiger partial charge < -0.3 is 5.73 Å². The Kier molecular flexibility index (Phi) is 2.92. The molecular weight excluding hydrogens is 210 g/mol. The number of anilines is 1. The normalized spacial score (nSPS) is 10.8. The predicted molar refractivity (Wildman–Crippen MR) is 72.0 cm³/mol. The molecule has 0 aliphatic rings. The maximum atomic E-state index is 6.04. The van der Waals surface area contributed by atoms with Crippen LogP contribution in [0.3, 0.4) is 0 Å². The van der Waals surface area contributed by atoms with E-state index in [1.54, 1.807) is 0 Å². The van der Waals surface area contributed by atoms with Gasteiger partial charge in [0.15, 0.2) is 0 Å². The minimum atomic E-state index is 0.752. The lowest BCUT2D eigenvalue weighted by atomic mass is 9.97. The fourth-order valence-electron chi connectivity index (χ4n) is 2.35. The molecule has 0 aliphatic heterocycles. The van der Waals surface area contributed by atoms with Crippen molar-refractivity contribution >= 4 is 5.69 Å². The van der Waals surface area contributed by atoms with E-state index in [0.29, 0.717) is 0 Å². The van der Waals surface area contributed by atoms with Crippen molar-refractivity contribution in [2.75, 3.05) is 5.73 Å². The SMILES string of the molecule is CCn1cc(N)c(-c2c(C)cc(C)cc2C)n1. The molecule has 0 spiro atoms. The van der Waals surface area contributed by atoms with Gasteiger partial charge >= 0.3 is 0 Å². The standard InChI is InChI=1S/C14H19N3/c1-5-17-8-12(15)14(16-17)13-10(3)6-9(2)7-11(13)4/h6-8H,5,15H2,1-4H3. The number of hydrogen-bond donors (Lipinski definition) is 1. The number of aryl methyl sites for hydroxylation is 4. The van der Waals surface area contributed by atoms with Crippen molar-refractivity contribution in [2.24, 2.45) is 0 Å². The molecule has 3 heteroatoms. The van der Waals surface area contributed by atoms with Gasteiger partial charge in [-0.05, 0) is 38.8 Å². The molecule has 0 radical (unpaired) electrons. The van der Waals surface area contributed by atoms with Crippen LogP contribution in [0, 0.1) is 20.8 Å². The van der Waals surface area contributed by atoms with E-state index in [1.807, 2.05) is 10.9 Å². The first-order valence-corrected chi connectivity index (χ1v) is 5.94. The molecule has 1 heterocycles.